The zero-order valence-corrected chi connectivity index (χ0v) is 48.5. The van der Waals surface area contributed by atoms with Gasteiger partial charge in [-0.1, -0.05) is 295 Å². The fourth-order valence-corrected chi connectivity index (χ4v) is 9.55. The minimum Gasteiger partial charge on any atom is -0.462 e. The molecule has 0 saturated carbocycles. The smallest absolute Gasteiger partial charge is 0.306 e. The van der Waals surface area contributed by atoms with Crippen molar-refractivity contribution in [1.29, 1.82) is 0 Å². The minimum atomic E-state index is -0.780. The van der Waals surface area contributed by atoms with E-state index in [2.05, 4.69) is 57.2 Å². The van der Waals surface area contributed by atoms with Crippen molar-refractivity contribution in [2.45, 2.75) is 354 Å². The van der Waals surface area contributed by atoms with Gasteiger partial charge in [0.15, 0.2) is 6.10 Å². The van der Waals surface area contributed by atoms with E-state index >= 15 is 0 Å². The Labute approximate surface area is 448 Å². The highest BCUT2D eigenvalue weighted by atomic mass is 16.6. The summed E-state index contributed by atoms with van der Waals surface area (Å²) in [7, 11) is 0. The van der Waals surface area contributed by atoms with Crippen LogP contribution in [0.15, 0.2) is 36.5 Å². The monoisotopic (exact) mass is 1010 g/mol. The molecule has 0 aromatic rings. The fourth-order valence-electron chi connectivity index (χ4n) is 9.55. The second-order valence-corrected chi connectivity index (χ2v) is 21.7. The first-order valence-electron chi connectivity index (χ1n) is 32.0. The molecule has 6 nitrogen and oxygen atoms in total. The van der Waals surface area contributed by atoms with Crippen molar-refractivity contribution in [2.24, 2.45) is 0 Å². The molecule has 0 aromatic heterocycles. The molecule has 0 saturated heterocycles. The number of carbonyl (C=O) groups is 3. The van der Waals surface area contributed by atoms with Crippen LogP contribution in [-0.2, 0) is 28.6 Å². The van der Waals surface area contributed by atoms with Gasteiger partial charge in [-0.15, -0.1) is 0 Å². The van der Waals surface area contributed by atoms with Crippen molar-refractivity contribution >= 4 is 17.9 Å². The third-order valence-electron chi connectivity index (χ3n) is 14.4. The van der Waals surface area contributed by atoms with Crippen LogP contribution < -0.4 is 0 Å². The number of allylic oxidation sites excluding steroid dienone is 6. The first kappa shape index (κ1) is 69.6. The molecule has 0 bridgehead atoms. The Balaban J connectivity index is 4.36. The van der Waals surface area contributed by atoms with E-state index in [0.717, 1.165) is 77.0 Å². The summed E-state index contributed by atoms with van der Waals surface area (Å²) in [6, 6.07) is 0. The average Bonchev–Trinajstić information content (AvgIpc) is 3.38. The molecule has 0 rings (SSSR count). The lowest BCUT2D eigenvalue weighted by atomic mass is 10.0. The molecule has 0 radical (unpaired) electrons. The predicted molar refractivity (Wildman–Crippen MR) is 312 cm³/mol. The van der Waals surface area contributed by atoms with Crippen LogP contribution in [0.5, 0.6) is 0 Å². The first-order valence-corrected chi connectivity index (χ1v) is 32.0. The lowest BCUT2D eigenvalue weighted by Crippen LogP contribution is -2.30. The molecule has 1 unspecified atom stereocenters. The van der Waals surface area contributed by atoms with E-state index in [9.17, 15) is 14.4 Å². The number of hydrogen-bond acceptors (Lipinski definition) is 6. The standard InChI is InChI=1S/C66H122O6/c1-4-7-10-13-16-19-22-25-28-31-33-36-38-41-44-47-50-53-56-59-65(68)71-62-63(61-70-64(67)58-55-52-49-46-43-40-37-34-30-27-24-21-18-15-12-9-6-3)72-66(69)60-57-54-51-48-45-42-39-35-32-29-26-23-20-17-14-11-8-5-2/h27,29-30,32,35,39,63H,4-26,28,31,33-34,36-38,40-62H2,1-3H3/b30-27-,32-29-,39-35-. The number of rotatable bonds is 59. The zero-order chi connectivity index (χ0) is 52.2. The number of ether oxygens (including phenoxy) is 3. The Bertz CT molecular complexity index is 1210. The molecule has 0 amide bonds. The summed E-state index contributed by atoms with van der Waals surface area (Å²) in [5, 5.41) is 0. The lowest BCUT2D eigenvalue weighted by Gasteiger charge is -2.18. The summed E-state index contributed by atoms with van der Waals surface area (Å²) < 4.78 is 16.9. The van der Waals surface area contributed by atoms with Gasteiger partial charge in [-0.05, 0) is 70.6 Å². The maximum atomic E-state index is 12.9. The Morgan fingerprint density at radius 1 is 0.278 bits per heavy atom. The molecule has 0 N–H and O–H groups in total. The van der Waals surface area contributed by atoms with Crippen LogP contribution in [-0.4, -0.2) is 37.2 Å². The predicted octanol–water partition coefficient (Wildman–Crippen LogP) is 21.6. The summed E-state index contributed by atoms with van der Waals surface area (Å²) in [5.41, 5.74) is 0. The molecule has 0 aliphatic carbocycles. The Morgan fingerprint density at radius 2 is 0.500 bits per heavy atom. The second kappa shape index (κ2) is 61.2. The topological polar surface area (TPSA) is 78.9 Å². The van der Waals surface area contributed by atoms with Crippen LogP contribution in [0.3, 0.4) is 0 Å². The van der Waals surface area contributed by atoms with Crippen LogP contribution in [0.25, 0.3) is 0 Å². The van der Waals surface area contributed by atoms with Crippen molar-refractivity contribution in [2.75, 3.05) is 13.2 Å². The van der Waals surface area contributed by atoms with Gasteiger partial charge in [-0.2, -0.15) is 0 Å². The van der Waals surface area contributed by atoms with Crippen LogP contribution >= 0.6 is 0 Å². The molecule has 0 aliphatic rings. The van der Waals surface area contributed by atoms with E-state index in [1.54, 1.807) is 0 Å². The van der Waals surface area contributed by atoms with E-state index < -0.39 is 6.10 Å². The highest BCUT2D eigenvalue weighted by Crippen LogP contribution is 2.17. The van der Waals surface area contributed by atoms with E-state index in [4.69, 9.17) is 14.2 Å². The van der Waals surface area contributed by atoms with Crippen LogP contribution in [0, 0.1) is 0 Å². The summed E-state index contributed by atoms with van der Waals surface area (Å²) in [6.07, 6.45) is 74.3. The molecular weight excluding hydrogens is 889 g/mol. The van der Waals surface area contributed by atoms with E-state index in [1.165, 1.54) is 231 Å². The Morgan fingerprint density at radius 3 is 0.778 bits per heavy atom. The van der Waals surface area contributed by atoms with Gasteiger partial charge in [0.1, 0.15) is 13.2 Å². The van der Waals surface area contributed by atoms with Gasteiger partial charge < -0.3 is 14.2 Å². The first-order chi connectivity index (χ1) is 35.5. The van der Waals surface area contributed by atoms with Crippen LogP contribution in [0.4, 0.5) is 0 Å². The second-order valence-electron chi connectivity index (χ2n) is 21.7. The molecule has 72 heavy (non-hydrogen) atoms. The number of unbranched alkanes of at least 4 members (excludes halogenated alkanes) is 43. The highest BCUT2D eigenvalue weighted by Gasteiger charge is 2.19. The molecule has 0 aliphatic heterocycles. The van der Waals surface area contributed by atoms with Crippen molar-refractivity contribution < 1.29 is 28.6 Å². The zero-order valence-electron chi connectivity index (χ0n) is 48.5. The number of carbonyl (C=O) groups excluding carboxylic acids is 3. The minimum absolute atomic E-state index is 0.0757. The number of esters is 3. The number of hydrogen-bond donors (Lipinski definition) is 0. The average molecular weight is 1010 g/mol. The molecule has 0 heterocycles. The molecular formula is C66H122O6. The third-order valence-corrected chi connectivity index (χ3v) is 14.4. The van der Waals surface area contributed by atoms with E-state index in [1.807, 2.05) is 0 Å². The van der Waals surface area contributed by atoms with E-state index in [0.29, 0.717) is 19.3 Å². The summed E-state index contributed by atoms with van der Waals surface area (Å²) >= 11 is 0. The third kappa shape index (κ3) is 58.5. The maximum absolute atomic E-state index is 12.9. The molecule has 0 aromatic carbocycles. The van der Waals surface area contributed by atoms with Crippen molar-refractivity contribution in [1.82, 2.24) is 0 Å². The van der Waals surface area contributed by atoms with Crippen molar-refractivity contribution in [3.05, 3.63) is 36.5 Å². The van der Waals surface area contributed by atoms with Gasteiger partial charge in [-0.3, -0.25) is 14.4 Å². The lowest BCUT2D eigenvalue weighted by molar-refractivity contribution is -0.167. The SMILES string of the molecule is CCCCCCCC/C=C\CCCCCCCCCC(=O)OCC(COC(=O)CCCCCCCCCCCCCCCCCCCCC)OC(=O)CCCCCCC/C=C\C=C/CCCCCCCCC. The van der Waals surface area contributed by atoms with E-state index in [-0.39, 0.29) is 31.1 Å². The van der Waals surface area contributed by atoms with Crippen molar-refractivity contribution in [3.63, 3.8) is 0 Å². The van der Waals surface area contributed by atoms with Gasteiger partial charge >= 0.3 is 17.9 Å². The Kier molecular flexibility index (Phi) is 59.2. The molecule has 6 heteroatoms. The van der Waals surface area contributed by atoms with Gasteiger partial charge in [0, 0.05) is 19.3 Å². The normalized spacial score (nSPS) is 12.2. The highest BCUT2D eigenvalue weighted by molar-refractivity contribution is 5.71. The molecule has 422 valence electrons. The summed E-state index contributed by atoms with van der Waals surface area (Å²) in [6.45, 7) is 6.68. The summed E-state index contributed by atoms with van der Waals surface area (Å²) in [4.78, 5) is 38.3. The summed E-state index contributed by atoms with van der Waals surface area (Å²) in [5.74, 6) is -0.872. The largest absolute Gasteiger partial charge is 0.462 e. The van der Waals surface area contributed by atoms with Gasteiger partial charge in [0.05, 0.1) is 0 Å². The molecule has 0 fully saturated rings. The Hall–Kier alpha value is -2.37. The van der Waals surface area contributed by atoms with Crippen LogP contribution in [0.2, 0.25) is 0 Å². The molecule has 0 spiro atoms. The quantitative estimate of drug-likeness (QED) is 0.0199. The maximum Gasteiger partial charge on any atom is 0.306 e. The van der Waals surface area contributed by atoms with Gasteiger partial charge in [0.2, 0.25) is 0 Å². The van der Waals surface area contributed by atoms with Crippen molar-refractivity contribution in [3.8, 4) is 0 Å². The fraction of sp³-hybridized carbons (Fsp3) is 0.864. The van der Waals surface area contributed by atoms with Crippen LogP contribution in [0.1, 0.15) is 348 Å². The van der Waals surface area contributed by atoms with Gasteiger partial charge in [-0.25, -0.2) is 0 Å². The van der Waals surface area contributed by atoms with Gasteiger partial charge in [0.25, 0.3) is 0 Å². The molecule has 1 atom stereocenters.